The lowest BCUT2D eigenvalue weighted by Crippen LogP contribution is -2.50. The highest BCUT2D eigenvalue weighted by Gasteiger charge is 2.31. The summed E-state index contributed by atoms with van der Waals surface area (Å²) >= 11 is 0. The Balaban J connectivity index is 1.38. The van der Waals surface area contributed by atoms with Gasteiger partial charge >= 0.3 is 0 Å². The van der Waals surface area contributed by atoms with Crippen LogP contribution in [0.25, 0.3) is 0 Å². The Labute approximate surface area is 219 Å². The van der Waals surface area contributed by atoms with Crippen LogP contribution >= 0.6 is 0 Å². The first-order valence-corrected chi connectivity index (χ1v) is 13.2. The average Bonchev–Trinajstić information content (AvgIpc) is 2.95. The number of anilines is 1. The molecule has 0 unspecified atom stereocenters. The Morgan fingerprint density at radius 2 is 1.32 bits per heavy atom. The van der Waals surface area contributed by atoms with Crippen LogP contribution in [0.2, 0.25) is 0 Å². The Bertz CT molecular complexity index is 1280. The number of aryl methyl sites for hydroxylation is 2. The Hall–Kier alpha value is -3.99. The van der Waals surface area contributed by atoms with Gasteiger partial charge in [0.15, 0.2) is 0 Å². The summed E-state index contributed by atoms with van der Waals surface area (Å²) in [5.41, 5.74) is 5.63. The van der Waals surface area contributed by atoms with Crippen molar-refractivity contribution in [2.75, 3.05) is 31.1 Å². The standard InChI is InChI=1S/C32H34N4O/c1-3-29-28(23-25-13-7-4-8-14-25)31(34-24(2)33-29)35-19-21-36(22-20-35)32(37)30(26-15-9-5-10-16-26)27-17-11-6-12-18-27/h4-18,30H,3,19-23H2,1-2H3. The van der Waals surface area contributed by atoms with Crippen LogP contribution < -0.4 is 4.90 Å². The zero-order valence-corrected chi connectivity index (χ0v) is 21.7. The van der Waals surface area contributed by atoms with Gasteiger partial charge in [0.2, 0.25) is 5.91 Å². The first kappa shape index (κ1) is 24.7. The van der Waals surface area contributed by atoms with E-state index >= 15 is 0 Å². The van der Waals surface area contributed by atoms with Gasteiger partial charge in [-0.15, -0.1) is 0 Å². The predicted octanol–water partition coefficient (Wildman–Crippen LogP) is 5.42. The Morgan fingerprint density at radius 1 is 0.784 bits per heavy atom. The van der Waals surface area contributed by atoms with Crippen molar-refractivity contribution in [2.45, 2.75) is 32.6 Å². The van der Waals surface area contributed by atoms with Gasteiger partial charge in [-0.25, -0.2) is 9.97 Å². The van der Waals surface area contributed by atoms with Gasteiger partial charge in [0, 0.05) is 43.9 Å². The number of hydrogen-bond acceptors (Lipinski definition) is 4. The summed E-state index contributed by atoms with van der Waals surface area (Å²) in [4.78, 5) is 27.9. The quantitative estimate of drug-likeness (QED) is 0.347. The second kappa shape index (κ2) is 11.4. The van der Waals surface area contributed by atoms with Crippen LogP contribution in [0.1, 0.15) is 46.6 Å². The van der Waals surface area contributed by atoms with Crippen molar-refractivity contribution in [3.8, 4) is 0 Å². The van der Waals surface area contributed by atoms with Crippen molar-refractivity contribution in [2.24, 2.45) is 0 Å². The number of piperazine rings is 1. The molecule has 0 radical (unpaired) electrons. The van der Waals surface area contributed by atoms with Crippen LogP contribution in [0.5, 0.6) is 0 Å². The molecule has 0 bridgehead atoms. The van der Waals surface area contributed by atoms with E-state index in [0.717, 1.165) is 54.4 Å². The molecule has 0 spiro atoms. The second-order valence-electron chi connectivity index (χ2n) is 9.60. The fraction of sp³-hybridized carbons (Fsp3) is 0.281. The summed E-state index contributed by atoms with van der Waals surface area (Å²) in [6, 6.07) is 30.8. The normalized spacial score (nSPS) is 13.7. The topological polar surface area (TPSA) is 49.3 Å². The molecule has 5 nitrogen and oxygen atoms in total. The molecule has 3 aromatic carbocycles. The number of nitrogens with zero attached hydrogens (tertiary/aromatic N) is 4. The second-order valence-corrected chi connectivity index (χ2v) is 9.60. The third kappa shape index (κ3) is 5.56. The lowest BCUT2D eigenvalue weighted by molar-refractivity contribution is -0.132. The van der Waals surface area contributed by atoms with E-state index in [0.29, 0.717) is 13.1 Å². The monoisotopic (exact) mass is 490 g/mol. The lowest BCUT2D eigenvalue weighted by atomic mass is 9.90. The third-order valence-electron chi connectivity index (χ3n) is 7.14. The van der Waals surface area contributed by atoms with Crippen molar-refractivity contribution < 1.29 is 4.79 Å². The van der Waals surface area contributed by atoms with Crippen LogP contribution in [-0.4, -0.2) is 47.0 Å². The zero-order chi connectivity index (χ0) is 25.6. The van der Waals surface area contributed by atoms with Crippen LogP contribution in [0.4, 0.5) is 5.82 Å². The molecule has 1 aliphatic rings. The van der Waals surface area contributed by atoms with Gasteiger partial charge in [0.05, 0.1) is 5.92 Å². The van der Waals surface area contributed by atoms with Gasteiger partial charge in [-0.2, -0.15) is 0 Å². The van der Waals surface area contributed by atoms with Crippen molar-refractivity contribution >= 4 is 11.7 Å². The smallest absolute Gasteiger partial charge is 0.234 e. The van der Waals surface area contributed by atoms with E-state index < -0.39 is 0 Å². The summed E-state index contributed by atoms with van der Waals surface area (Å²) < 4.78 is 0. The van der Waals surface area contributed by atoms with Crippen LogP contribution in [-0.2, 0) is 17.6 Å². The van der Waals surface area contributed by atoms with Gasteiger partial charge in [-0.1, -0.05) is 97.9 Å². The third-order valence-corrected chi connectivity index (χ3v) is 7.14. The number of carbonyl (C=O) groups is 1. The van der Waals surface area contributed by atoms with E-state index in [9.17, 15) is 4.79 Å². The Kier molecular flexibility index (Phi) is 7.59. The molecule has 1 aliphatic heterocycles. The highest BCUT2D eigenvalue weighted by atomic mass is 16.2. The molecule has 2 heterocycles. The summed E-state index contributed by atoms with van der Waals surface area (Å²) in [6.45, 7) is 6.98. The first-order chi connectivity index (χ1) is 18.1. The summed E-state index contributed by atoms with van der Waals surface area (Å²) in [7, 11) is 0. The van der Waals surface area contributed by atoms with Gasteiger partial charge in [0.1, 0.15) is 11.6 Å². The van der Waals surface area contributed by atoms with E-state index in [2.05, 4.69) is 60.4 Å². The van der Waals surface area contributed by atoms with E-state index in [-0.39, 0.29) is 11.8 Å². The summed E-state index contributed by atoms with van der Waals surface area (Å²) in [5, 5.41) is 0. The number of amides is 1. The maximum atomic E-state index is 13.9. The zero-order valence-electron chi connectivity index (χ0n) is 21.7. The maximum absolute atomic E-state index is 13.9. The van der Waals surface area contributed by atoms with Crippen LogP contribution in [0.3, 0.4) is 0 Å². The molecule has 1 fully saturated rings. The lowest BCUT2D eigenvalue weighted by Gasteiger charge is -2.38. The van der Waals surface area contributed by atoms with Crippen LogP contribution in [0.15, 0.2) is 91.0 Å². The van der Waals surface area contributed by atoms with E-state index in [1.165, 1.54) is 11.1 Å². The molecule has 0 aliphatic carbocycles. The summed E-state index contributed by atoms with van der Waals surface area (Å²) in [6.07, 6.45) is 1.68. The Morgan fingerprint density at radius 3 is 1.86 bits per heavy atom. The fourth-order valence-corrected chi connectivity index (χ4v) is 5.26. The number of hydrogen-bond donors (Lipinski definition) is 0. The summed E-state index contributed by atoms with van der Waals surface area (Å²) in [5.74, 6) is 1.68. The molecule has 0 atom stereocenters. The van der Waals surface area contributed by atoms with Crippen molar-refractivity contribution in [1.29, 1.82) is 0 Å². The minimum absolute atomic E-state index is 0.162. The van der Waals surface area contributed by atoms with Gasteiger partial charge in [-0.3, -0.25) is 4.79 Å². The average molecular weight is 491 g/mol. The minimum Gasteiger partial charge on any atom is -0.353 e. The van der Waals surface area contributed by atoms with Gasteiger partial charge in [-0.05, 0) is 30.0 Å². The molecule has 5 rings (SSSR count). The molecule has 1 saturated heterocycles. The molecule has 0 saturated carbocycles. The van der Waals surface area contributed by atoms with E-state index in [4.69, 9.17) is 9.97 Å². The highest BCUT2D eigenvalue weighted by molar-refractivity contribution is 5.87. The van der Waals surface area contributed by atoms with Crippen molar-refractivity contribution in [3.63, 3.8) is 0 Å². The molecule has 0 N–H and O–H groups in total. The first-order valence-electron chi connectivity index (χ1n) is 13.2. The van der Waals surface area contributed by atoms with Crippen LogP contribution in [0, 0.1) is 6.92 Å². The molecule has 4 aromatic rings. The largest absolute Gasteiger partial charge is 0.353 e. The predicted molar refractivity (Wildman–Crippen MR) is 149 cm³/mol. The number of benzene rings is 3. The van der Waals surface area contributed by atoms with E-state index in [1.807, 2.05) is 54.3 Å². The molecule has 188 valence electrons. The number of aromatic nitrogens is 2. The molecule has 1 amide bonds. The maximum Gasteiger partial charge on any atom is 0.234 e. The minimum atomic E-state index is -0.296. The van der Waals surface area contributed by atoms with Crippen molar-refractivity contribution in [1.82, 2.24) is 14.9 Å². The van der Waals surface area contributed by atoms with Crippen molar-refractivity contribution in [3.05, 3.63) is 125 Å². The molecule has 5 heteroatoms. The molecular weight excluding hydrogens is 456 g/mol. The number of rotatable bonds is 7. The van der Waals surface area contributed by atoms with E-state index in [1.54, 1.807) is 0 Å². The molecule has 37 heavy (non-hydrogen) atoms. The molecule has 1 aromatic heterocycles. The fourth-order valence-electron chi connectivity index (χ4n) is 5.26. The highest BCUT2D eigenvalue weighted by Crippen LogP contribution is 2.29. The number of carbonyl (C=O) groups excluding carboxylic acids is 1. The molecular formula is C32H34N4O. The van der Waals surface area contributed by atoms with Gasteiger partial charge < -0.3 is 9.80 Å². The van der Waals surface area contributed by atoms with Gasteiger partial charge in [0.25, 0.3) is 0 Å². The SMILES string of the molecule is CCc1nc(C)nc(N2CCN(C(=O)C(c3ccccc3)c3ccccc3)CC2)c1Cc1ccccc1.